The molecule has 2 heterocycles. The van der Waals surface area contributed by atoms with E-state index in [0.29, 0.717) is 13.1 Å². The number of hydrogen-bond donors (Lipinski definition) is 3. The van der Waals surface area contributed by atoms with Gasteiger partial charge in [0, 0.05) is 31.7 Å². The van der Waals surface area contributed by atoms with Gasteiger partial charge in [-0.1, -0.05) is 6.92 Å². The van der Waals surface area contributed by atoms with Crippen molar-refractivity contribution in [1.29, 1.82) is 0 Å². The molecule has 0 spiro atoms. The number of carbonyl (C=O) groups excluding carboxylic acids is 1. The lowest BCUT2D eigenvalue weighted by Gasteiger charge is -2.09. The summed E-state index contributed by atoms with van der Waals surface area (Å²) in [4.78, 5) is 11.0. The highest BCUT2D eigenvalue weighted by Crippen LogP contribution is 2.17. The Morgan fingerprint density at radius 1 is 1.63 bits per heavy atom. The lowest BCUT2D eigenvalue weighted by atomic mass is 10.3. The fourth-order valence-corrected chi connectivity index (χ4v) is 3.25. The van der Waals surface area contributed by atoms with E-state index in [4.69, 9.17) is 5.73 Å². The van der Waals surface area contributed by atoms with Crippen LogP contribution in [0, 0.1) is 0 Å². The van der Waals surface area contributed by atoms with Gasteiger partial charge >= 0.3 is 0 Å². The summed E-state index contributed by atoms with van der Waals surface area (Å²) in [5.41, 5.74) is 5.63. The standard InChI is InChI=1S/C10H17N5O3S/c1-2-3-15-6-8(10(11)13-15)19(17,18)14-7-4-9(16)12-5-7/h6-7,14H,2-5H2,1H3,(H2,11,13)(H,12,16). The number of nitrogens with one attached hydrogen (secondary N) is 2. The van der Waals surface area contributed by atoms with Crippen molar-refractivity contribution >= 4 is 21.7 Å². The monoisotopic (exact) mass is 287 g/mol. The molecule has 0 saturated carbocycles. The maximum Gasteiger partial charge on any atom is 0.246 e. The Hall–Kier alpha value is -1.61. The number of rotatable bonds is 5. The molecule has 9 heteroatoms. The van der Waals surface area contributed by atoms with Crippen LogP contribution in [0.1, 0.15) is 19.8 Å². The number of nitrogens with zero attached hydrogens (tertiary/aromatic N) is 2. The van der Waals surface area contributed by atoms with Crippen molar-refractivity contribution in [2.24, 2.45) is 0 Å². The van der Waals surface area contributed by atoms with Gasteiger partial charge in [0.25, 0.3) is 0 Å². The van der Waals surface area contributed by atoms with Crippen LogP contribution in [-0.4, -0.2) is 36.7 Å². The highest BCUT2D eigenvalue weighted by atomic mass is 32.2. The molecule has 106 valence electrons. The second kappa shape index (κ2) is 5.17. The molecule has 0 aromatic carbocycles. The number of aryl methyl sites for hydroxylation is 1. The average molecular weight is 287 g/mol. The topological polar surface area (TPSA) is 119 Å². The molecule has 1 aliphatic heterocycles. The van der Waals surface area contributed by atoms with Gasteiger partial charge in [0.1, 0.15) is 4.90 Å². The van der Waals surface area contributed by atoms with Gasteiger partial charge in [-0.2, -0.15) is 5.10 Å². The first-order valence-corrected chi connectivity index (χ1v) is 7.52. The van der Waals surface area contributed by atoms with E-state index in [9.17, 15) is 13.2 Å². The van der Waals surface area contributed by atoms with E-state index in [0.717, 1.165) is 6.42 Å². The number of nitrogen functional groups attached to an aromatic ring is 1. The maximum atomic E-state index is 12.1. The molecule has 0 aliphatic carbocycles. The normalized spacial score (nSPS) is 19.6. The van der Waals surface area contributed by atoms with Gasteiger partial charge in [0.2, 0.25) is 15.9 Å². The van der Waals surface area contributed by atoms with Gasteiger partial charge in [-0.3, -0.25) is 9.48 Å². The van der Waals surface area contributed by atoms with E-state index in [1.54, 1.807) is 0 Å². The Balaban J connectivity index is 2.17. The Morgan fingerprint density at radius 3 is 2.95 bits per heavy atom. The molecule has 1 amide bonds. The molecule has 1 aromatic heterocycles. The summed E-state index contributed by atoms with van der Waals surface area (Å²) in [6.07, 6.45) is 2.38. The molecular weight excluding hydrogens is 270 g/mol. The molecule has 1 saturated heterocycles. The molecule has 1 atom stereocenters. The molecule has 0 bridgehead atoms. The van der Waals surface area contributed by atoms with E-state index in [2.05, 4.69) is 15.1 Å². The van der Waals surface area contributed by atoms with Crippen molar-refractivity contribution < 1.29 is 13.2 Å². The van der Waals surface area contributed by atoms with Gasteiger partial charge in [0.15, 0.2) is 5.82 Å². The van der Waals surface area contributed by atoms with E-state index >= 15 is 0 Å². The van der Waals surface area contributed by atoms with Crippen LogP contribution in [0.4, 0.5) is 5.82 Å². The fraction of sp³-hybridized carbons (Fsp3) is 0.600. The first-order valence-electron chi connectivity index (χ1n) is 6.04. The summed E-state index contributed by atoms with van der Waals surface area (Å²) in [5.74, 6) is -0.194. The van der Waals surface area contributed by atoms with Crippen molar-refractivity contribution in [1.82, 2.24) is 19.8 Å². The Morgan fingerprint density at radius 2 is 2.37 bits per heavy atom. The quantitative estimate of drug-likeness (QED) is 0.644. The third-order valence-corrected chi connectivity index (χ3v) is 4.33. The first-order chi connectivity index (χ1) is 8.92. The lowest BCUT2D eigenvalue weighted by molar-refractivity contribution is -0.119. The summed E-state index contributed by atoms with van der Waals surface area (Å²) >= 11 is 0. The largest absolute Gasteiger partial charge is 0.381 e. The van der Waals surface area contributed by atoms with Gasteiger partial charge in [-0.25, -0.2) is 13.1 Å². The van der Waals surface area contributed by atoms with Crippen LogP contribution in [0.5, 0.6) is 0 Å². The van der Waals surface area contributed by atoms with Crippen molar-refractivity contribution in [2.45, 2.75) is 37.2 Å². The fourth-order valence-electron chi connectivity index (χ4n) is 1.94. The molecule has 8 nitrogen and oxygen atoms in total. The second-order valence-electron chi connectivity index (χ2n) is 4.47. The van der Waals surface area contributed by atoms with Gasteiger partial charge in [-0.05, 0) is 6.42 Å². The lowest BCUT2D eigenvalue weighted by Crippen LogP contribution is -2.36. The Labute approximate surface area is 111 Å². The van der Waals surface area contributed by atoms with Crippen molar-refractivity contribution in [2.75, 3.05) is 12.3 Å². The summed E-state index contributed by atoms with van der Waals surface area (Å²) in [6, 6.07) is -0.438. The zero-order chi connectivity index (χ0) is 14.0. The summed E-state index contributed by atoms with van der Waals surface area (Å²) in [7, 11) is -3.75. The third-order valence-electron chi connectivity index (χ3n) is 2.80. The van der Waals surface area contributed by atoms with E-state index in [1.807, 2.05) is 6.92 Å². The van der Waals surface area contributed by atoms with Crippen LogP contribution in [0.25, 0.3) is 0 Å². The van der Waals surface area contributed by atoms with Gasteiger partial charge < -0.3 is 11.1 Å². The Kier molecular flexibility index (Phi) is 3.76. The van der Waals surface area contributed by atoms with Crippen molar-refractivity contribution in [3.05, 3.63) is 6.20 Å². The van der Waals surface area contributed by atoms with Crippen LogP contribution in [0.3, 0.4) is 0 Å². The molecule has 1 aliphatic rings. The molecule has 1 aromatic rings. The molecule has 1 fully saturated rings. The molecule has 4 N–H and O–H groups in total. The predicted molar refractivity (Wildman–Crippen MR) is 68.7 cm³/mol. The summed E-state index contributed by atoms with van der Waals surface area (Å²) in [5, 5.41) is 6.51. The number of carbonyl (C=O) groups is 1. The van der Waals surface area contributed by atoms with Crippen LogP contribution >= 0.6 is 0 Å². The SMILES string of the molecule is CCCn1cc(S(=O)(=O)NC2CNC(=O)C2)c(N)n1. The number of nitrogens with two attached hydrogens (primary N) is 1. The number of hydrogen-bond acceptors (Lipinski definition) is 5. The molecular formula is C10H17N5O3S. The first kappa shape index (κ1) is 13.8. The van der Waals surface area contributed by atoms with Crippen molar-refractivity contribution in [3.63, 3.8) is 0 Å². The van der Waals surface area contributed by atoms with Gasteiger partial charge in [0.05, 0.1) is 0 Å². The van der Waals surface area contributed by atoms with Crippen LogP contribution in [0.15, 0.2) is 11.1 Å². The van der Waals surface area contributed by atoms with Crippen molar-refractivity contribution in [3.8, 4) is 0 Å². The zero-order valence-corrected chi connectivity index (χ0v) is 11.4. The van der Waals surface area contributed by atoms with Gasteiger partial charge in [-0.15, -0.1) is 0 Å². The van der Waals surface area contributed by atoms with Crippen LogP contribution in [-0.2, 0) is 21.4 Å². The minimum atomic E-state index is -3.75. The highest BCUT2D eigenvalue weighted by molar-refractivity contribution is 7.89. The predicted octanol–water partition coefficient (Wildman–Crippen LogP) is -0.958. The number of aromatic nitrogens is 2. The number of amides is 1. The van der Waals surface area contributed by atoms with Crippen LogP contribution < -0.4 is 15.8 Å². The molecule has 19 heavy (non-hydrogen) atoms. The van der Waals surface area contributed by atoms with E-state index < -0.39 is 16.1 Å². The maximum absolute atomic E-state index is 12.1. The van der Waals surface area contributed by atoms with E-state index in [1.165, 1.54) is 10.9 Å². The minimum absolute atomic E-state index is 0.0294. The summed E-state index contributed by atoms with van der Waals surface area (Å²) in [6.45, 7) is 2.85. The van der Waals surface area contributed by atoms with Crippen LogP contribution in [0.2, 0.25) is 0 Å². The molecule has 2 rings (SSSR count). The third kappa shape index (κ3) is 3.04. The minimum Gasteiger partial charge on any atom is -0.381 e. The zero-order valence-electron chi connectivity index (χ0n) is 10.6. The Bertz CT molecular complexity index is 580. The number of sulfonamides is 1. The average Bonchev–Trinajstić information content (AvgIpc) is 2.86. The highest BCUT2D eigenvalue weighted by Gasteiger charge is 2.29. The second-order valence-corrected chi connectivity index (χ2v) is 6.15. The smallest absolute Gasteiger partial charge is 0.246 e. The molecule has 1 unspecified atom stereocenters. The van der Waals surface area contributed by atoms with E-state index in [-0.39, 0.29) is 23.0 Å². The molecule has 0 radical (unpaired) electrons. The number of anilines is 1. The summed E-state index contributed by atoms with van der Waals surface area (Å²) < 4.78 is 28.3.